The van der Waals surface area contributed by atoms with Crippen molar-refractivity contribution in [3.8, 4) is 5.82 Å². The molecule has 1 aromatic carbocycles. The minimum atomic E-state index is -0.130. The lowest BCUT2D eigenvalue weighted by molar-refractivity contribution is 0.0979. The number of hydrogen-bond acceptors (Lipinski definition) is 5. The van der Waals surface area contributed by atoms with Crippen LogP contribution in [0.2, 0.25) is 0 Å². The molecule has 23 heavy (non-hydrogen) atoms. The van der Waals surface area contributed by atoms with Crippen molar-refractivity contribution in [2.24, 2.45) is 0 Å². The van der Waals surface area contributed by atoms with Crippen LogP contribution in [0.4, 0.5) is 5.69 Å². The van der Waals surface area contributed by atoms with Gasteiger partial charge in [-0.3, -0.25) is 4.79 Å². The minimum absolute atomic E-state index is 0.130. The molecule has 1 aliphatic heterocycles. The van der Waals surface area contributed by atoms with Crippen LogP contribution in [0, 0.1) is 0 Å². The largest absolute Gasteiger partial charge is 0.307 e. The van der Waals surface area contributed by atoms with E-state index in [0.29, 0.717) is 18.1 Å². The Morgan fingerprint density at radius 2 is 2.00 bits per heavy atom. The highest BCUT2D eigenvalue weighted by Gasteiger charge is 2.24. The maximum atomic E-state index is 12.7. The molecular formula is C16H14N6O. The number of carbonyl (C=O) groups excluding carboxylic acids is 1. The summed E-state index contributed by atoms with van der Waals surface area (Å²) in [6.45, 7) is 0.697. The highest BCUT2D eigenvalue weighted by atomic mass is 16.2. The van der Waals surface area contributed by atoms with Gasteiger partial charge in [-0.2, -0.15) is 5.10 Å². The lowest BCUT2D eigenvalue weighted by Crippen LogP contribution is -2.36. The van der Waals surface area contributed by atoms with Gasteiger partial charge in [-0.05, 0) is 36.6 Å². The van der Waals surface area contributed by atoms with Crippen molar-refractivity contribution in [2.45, 2.75) is 12.8 Å². The number of para-hydroxylation sites is 1. The van der Waals surface area contributed by atoms with Gasteiger partial charge in [0, 0.05) is 12.2 Å². The molecule has 7 heteroatoms. The lowest BCUT2D eigenvalue weighted by Gasteiger charge is -2.29. The molecule has 0 bridgehead atoms. The average Bonchev–Trinajstić information content (AvgIpc) is 3.15. The van der Waals surface area contributed by atoms with Crippen molar-refractivity contribution >= 4 is 11.6 Å². The second kappa shape index (κ2) is 5.60. The number of aryl methyl sites for hydroxylation is 1. The number of benzene rings is 1. The van der Waals surface area contributed by atoms with E-state index in [1.165, 1.54) is 22.9 Å². The summed E-state index contributed by atoms with van der Waals surface area (Å²) in [5.74, 6) is 0.396. The molecule has 0 saturated heterocycles. The van der Waals surface area contributed by atoms with Crippen LogP contribution >= 0.6 is 0 Å². The number of nitrogens with zero attached hydrogens (tertiary/aromatic N) is 6. The van der Waals surface area contributed by atoms with Crippen molar-refractivity contribution in [2.75, 3.05) is 11.4 Å². The fraction of sp³-hybridized carbons (Fsp3) is 0.188. The molecule has 0 saturated carbocycles. The van der Waals surface area contributed by atoms with Gasteiger partial charge in [0.05, 0.1) is 0 Å². The first-order chi connectivity index (χ1) is 11.3. The van der Waals surface area contributed by atoms with Crippen LogP contribution in [0.1, 0.15) is 22.5 Å². The normalized spacial score (nSPS) is 13.7. The van der Waals surface area contributed by atoms with Crippen LogP contribution in [0.5, 0.6) is 0 Å². The van der Waals surface area contributed by atoms with E-state index in [1.54, 1.807) is 17.0 Å². The SMILES string of the molecule is O=C(c1ccc(-n2cncn2)nn1)N1CCCc2ccccc21. The number of rotatable bonds is 2. The Morgan fingerprint density at radius 1 is 1.09 bits per heavy atom. The Labute approximate surface area is 132 Å². The van der Waals surface area contributed by atoms with E-state index in [1.807, 2.05) is 18.2 Å². The number of amides is 1. The second-order valence-corrected chi connectivity index (χ2v) is 5.31. The van der Waals surface area contributed by atoms with Crippen molar-refractivity contribution in [3.63, 3.8) is 0 Å². The zero-order valence-electron chi connectivity index (χ0n) is 12.3. The van der Waals surface area contributed by atoms with Gasteiger partial charge in [0.2, 0.25) is 0 Å². The zero-order valence-corrected chi connectivity index (χ0v) is 12.3. The summed E-state index contributed by atoms with van der Waals surface area (Å²) in [7, 11) is 0. The predicted octanol–water partition coefficient (Wildman–Crippen LogP) is 1.65. The molecule has 2 aromatic heterocycles. The van der Waals surface area contributed by atoms with Crippen molar-refractivity contribution < 1.29 is 4.79 Å². The molecule has 1 amide bonds. The van der Waals surface area contributed by atoms with E-state index < -0.39 is 0 Å². The molecule has 0 unspecified atom stereocenters. The third kappa shape index (κ3) is 2.46. The summed E-state index contributed by atoms with van der Waals surface area (Å²) < 4.78 is 1.50. The van der Waals surface area contributed by atoms with Crippen molar-refractivity contribution in [1.29, 1.82) is 0 Å². The Bertz CT molecular complexity index is 828. The third-order valence-electron chi connectivity index (χ3n) is 3.88. The van der Waals surface area contributed by atoms with Crippen LogP contribution in [-0.4, -0.2) is 37.4 Å². The standard InChI is InChI=1S/C16H14N6O/c23-16(21-9-3-5-12-4-1-2-6-14(12)21)13-7-8-15(20-19-13)22-11-17-10-18-22/h1-2,4,6-8,10-11H,3,5,9H2. The summed E-state index contributed by atoms with van der Waals surface area (Å²) in [5, 5.41) is 12.1. The number of carbonyl (C=O) groups is 1. The maximum Gasteiger partial charge on any atom is 0.278 e. The Hall–Kier alpha value is -3.09. The van der Waals surface area contributed by atoms with Gasteiger partial charge in [-0.1, -0.05) is 18.2 Å². The minimum Gasteiger partial charge on any atom is -0.307 e. The van der Waals surface area contributed by atoms with Gasteiger partial charge in [-0.25, -0.2) is 9.67 Å². The van der Waals surface area contributed by atoms with Crippen LogP contribution in [0.3, 0.4) is 0 Å². The smallest absolute Gasteiger partial charge is 0.278 e. The van der Waals surface area contributed by atoms with E-state index in [2.05, 4.69) is 26.3 Å². The summed E-state index contributed by atoms with van der Waals surface area (Å²) >= 11 is 0. The van der Waals surface area contributed by atoms with E-state index in [9.17, 15) is 4.79 Å². The number of fused-ring (bicyclic) bond motifs is 1. The predicted molar refractivity (Wildman–Crippen MR) is 83.4 cm³/mol. The van der Waals surface area contributed by atoms with Crippen LogP contribution in [0.15, 0.2) is 49.1 Å². The summed E-state index contributed by atoms with van der Waals surface area (Å²) in [6, 6.07) is 11.4. The van der Waals surface area contributed by atoms with Gasteiger partial charge in [0.15, 0.2) is 11.5 Å². The van der Waals surface area contributed by atoms with Crippen molar-refractivity contribution in [3.05, 3.63) is 60.3 Å². The van der Waals surface area contributed by atoms with E-state index in [4.69, 9.17) is 0 Å². The van der Waals surface area contributed by atoms with Gasteiger partial charge in [0.1, 0.15) is 12.7 Å². The first-order valence-corrected chi connectivity index (χ1v) is 7.41. The fourth-order valence-electron chi connectivity index (χ4n) is 2.77. The van der Waals surface area contributed by atoms with Gasteiger partial charge in [-0.15, -0.1) is 10.2 Å². The van der Waals surface area contributed by atoms with E-state index in [0.717, 1.165) is 18.5 Å². The van der Waals surface area contributed by atoms with Gasteiger partial charge >= 0.3 is 0 Å². The molecule has 1 aliphatic rings. The molecule has 3 aromatic rings. The van der Waals surface area contributed by atoms with Crippen LogP contribution < -0.4 is 4.90 Å². The molecule has 0 aliphatic carbocycles. The molecule has 4 rings (SSSR count). The molecule has 0 radical (unpaired) electrons. The zero-order chi connectivity index (χ0) is 15.6. The van der Waals surface area contributed by atoms with Crippen molar-refractivity contribution in [1.82, 2.24) is 25.0 Å². The quantitative estimate of drug-likeness (QED) is 0.719. The number of hydrogen-bond donors (Lipinski definition) is 0. The Balaban J connectivity index is 1.63. The monoisotopic (exact) mass is 306 g/mol. The lowest BCUT2D eigenvalue weighted by atomic mass is 10.0. The van der Waals surface area contributed by atoms with Gasteiger partial charge < -0.3 is 4.90 Å². The third-order valence-corrected chi connectivity index (χ3v) is 3.88. The molecule has 0 N–H and O–H groups in total. The Kier molecular flexibility index (Phi) is 3.30. The molecule has 0 atom stereocenters. The average molecular weight is 306 g/mol. The highest BCUT2D eigenvalue weighted by molar-refractivity contribution is 6.05. The van der Waals surface area contributed by atoms with Crippen LogP contribution in [-0.2, 0) is 6.42 Å². The molecular weight excluding hydrogens is 292 g/mol. The molecule has 0 spiro atoms. The number of aromatic nitrogens is 5. The summed E-state index contributed by atoms with van der Waals surface area (Å²) in [5.41, 5.74) is 2.48. The van der Waals surface area contributed by atoms with Gasteiger partial charge in [0.25, 0.3) is 5.91 Å². The first-order valence-electron chi connectivity index (χ1n) is 7.41. The summed E-state index contributed by atoms with van der Waals surface area (Å²) in [6.07, 6.45) is 4.90. The topological polar surface area (TPSA) is 76.8 Å². The second-order valence-electron chi connectivity index (χ2n) is 5.31. The number of anilines is 1. The molecule has 114 valence electrons. The summed E-state index contributed by atoms with van der Waals surface area (Å²) in [4.78, 5) is 18.4. The molecule has 0 fully saturated rings. The first kappa shape index (κ1) is 13.6. The fourth-order valence-corrected chi connectivity index (χ4v) is 2.77. The van der Waals surface area contributed by atoms with E-state index >= 15 is 0 Å². The van der Waals surface area contributed by atoms with E-state index in [-0.39, 0.29) is 5.91 Å². The van der Waals surface area contributed by atoms with Crippen LogP contribution in [0.25, 0.3) is 5.82 Å². The maximum absolute atomic E-state index is 12.7. The molecule has 7 nitrogen and oxygen atoms in total. The Morgan fingerprint density at radius 3 is 2.78 bits per heavy atom. The highest BCUT2D eigenvalue weighted by Crippen LogP contribution is 2.27. The molecule has 3 heterocycles.